The summed E-state index contributed by atoms with van der Waals surface area (Å²) < 4.78 is 0. The van der Waals surface area contributed by atoms with Gasteiger partial charge in [0.25, 0.3) is 0 Å². The summed E-state index contributed by atoms with van der Waals surface area (Å²) in [6.07, 6.45) is 4.30. The van der Waals surface area contributed by atoms with Gasteiger partial charge in [0.1, 0.15) is 21.1 Å². The number of hydrogen-bond donors (Lipinski definition) is 0. The molecule has 2 fully saturated rings. The quantitative estimate of drug-likeness (QED) is 0.666. The highest BCUT2D eigenvalue weighted by Crippen LogP contribution is 2.37. The van der Waals surface area contributed by atoms with Crippen LogP contribution in [0.2, 0.25) is 0 Å². The molecule has 11 heteroatoms. The maximum Gasteiger partial charge on any atom is 0.229 e. The summed E-state index contributed by atoms with van der Waals surface area (Å²) in [4.78, 5) is 65.6. The zero-order chi connectivity index (χ0) is 22.1. The Kier molecular flexibility index (Phi) is 4.29. The van der Waals surface area contributed by atoms with Crippen molar-refractivity contribution in [3.8, 4) is 0 Å². The van der Waals surface area contributed by atoms with Crippen molar-refractivity contribution in [2.24, 2.45) is 0 Å². The lowest BCUT2D eigenvalue weighted by atomic mass is 9.96. The van der Waals surface area contributed by atoms with Gasteiger partial charge in [-0.3, -0.25) is 24.1 Å². The van der Waals surface area contributed by atoms with E-state index in [1.165, 1.54) is 45.8 Å². The molecule has 32 heavy (non-hydrogen) atoms. The second kappa shape index (κ2) is 6.99. The molecule has 0 spiro atoms. The lowest BCUT2D eigenvalue weighted by Gasteiger charge is -2.56. The van der Waals surface area contributed by atoms with E-state index in [2.05, 4.69) is 14.9 Å². The van der Waals surface area contributed by atoms with Crippen LogP contribution in [-0.4, -0.2) is 80.3 Å². The maximum atomic E-state index is 12.9. The van der Waals surface area contributed by atoms with Gasteiger partial charge < -0.3 is 9.80 Å². The van der Waals surface area contributed by atoms with Gasteiger partial charge >= 0.3 is 0 Å². The zero-order valence-electron chi connectivity index (χ0n) is 17.0. The van der Waals surface area contributed by atoms with Crippen LogP contribution in [0.5, 0.6) is 0 Å². The molecule has 2 aromatic rings. The topological polar surface area (TPSA) is 104 Å². The van der Waals surface area contributed by atoms with Crippen molar-refractivity contribution in [2.45, 2.75) is 25.2 Å². The minimum atomic E-state index is -0.226. The van der Waals surface area contributed by atoms with Gasteiger partial charge in [0.05, 0.1) is 34.7 Å². The van der Waals surface area contributed by atoms with Crippen LogP contribution >= 0.6 is 22.7 Å². The lowest BCUT2D eigenvalue weighted by molar-refractivity contribution is -0.0903. The van der Waals surface area contributed by atoms with Crippen LogP contribution in [0.4, 0.5) is 0 Å². The molecule has 0 N–H and O–H groups in total. The van der Waals surface area contributed by atoms with E-state index >= 15 is 0 Å². The summed E-state index contributed by atoms with van der Waals surface area (Å²) in [6, 6.07) is 0. The summed E-state index contributed by atoms with van der Waals surface area (Å²) in [5, 5.41) is 0. The number of ketones is 4. The number of carbonyl (C=O) groups excluding carboxylic acids is 4. The van der Waals surface area contributed by atoms with Crippen molar-refractivity contribution < 1.29 is 19.2 Å². The van der Waals surface area contributed by atoms with Gasteiger partial charge in [0.15, 0.2) is 11.6 Å². The first-order valence-electron chi connectivity index (χ1n) is 10.2. The Morgan fingerprint density at radius 2 is 1.25 bits per heavy atom. The van der Waals surface area contributed by atoms with Crippen LogP contribution in [0.15, 0.2) is 34.6 Å². The van der Waals surface area contributed by atoms with Crippen LogP contribution in [-0.2, 0) is 0 Å². The van der Waals surface area contributed by atoms with Crippen molar-refractivity contribution in [1.82, 2.24) is 24.7 Å². The molecule has 2 atom stereocenters. The van der Waals surface area contributed by atoms with Crippen molar-refractivity contribution in [3.05, 3.63) is 55.7 Å². The van der Waals surface area contributed by atoms with Crippen molar-refractivity contribution in [3.63, 3.8) is 0 Å². The minimum Gasteiger partial charge on any atom is -0.352 e. The SMILES string of the molecule is CN(C1CCN1C1=CC(=O)c2scnc2C1=O)C1CCN1C1=CC(=O)c2scnc2C1=O. The third-order valence-electron chi connectivity index (χ3n) is 6.55. The second-order valence-corrected chi connectivity index (χ2v) is 9.81. The molecule has 0 radical (unpaired) electrons. The van der Waals surface area contributed by atoms with Gasteiger partial charge in [-0.2, -0.15) is 0 Å². The van der Waals surface area contributed by atoms with Gasteiger partial charge in [-0.15, -0.1) is 22.7 Å². The summed E-state index contributed by atoms with van der Waals surface area (Å²) in [6.45, 7) is 1.32. The molecular weight excluding hydrogens is 450 g/mol. The average molecular weight is 468 g/mol. The second-order valence-electron chi connectivity index (χ2n) is 8.10. The number of thiazole rings is 2. The molecule has 0 amide bonds. The van der Waals surface area contributed by atoms with E-state index in [4.69, 9.17) is 0 Å². The Bertz CT molecular complexity index is 1180. The smallest absolute Gasteiger partial charge is 0.229 e. The first kappa shape index (κ1) is 19.6. The predicted octanol–water partition coefficient (Wildman–Crippen LogP) is 1.82. The lowest BCUT2D eigenvalue weighted by Crippen LogP contribution is -2.66. The number of nitrogens with zero attached hydrogens (tertiary/aromatic N) is 5. The number of rotatable bonds is 4. The fourth-order valence-corrected chi connectivity index (χ4v) is 6.09. The molecule has 2 aromatic heterocycles. The molecular formula is C21H17N5O4S2. The maximum absolute atomic E-state index is 12.9. The first-order valence-corrected chi connectivity index (χ1v) is 11.9. The molecule has 0 saturated carbocycles. The van der Waals surface area contributed by atoms with Crippen LogP contribution in [0.25, 0.3) is 0 Å². The molecule has 162 valence electrons. The minimum absolute atomic E-state index is 0.0872. The molecule has 4 heterocycles. The Morgan fingerprint density at radius 3 is 1.62 bits per heavy atom. The van der Waals surface area contributed by atoms with Crippen LogP contribution in [0.3, 0.4) is 0 Å². The van der Waals surface area contributed by atoms with Crippen LogP contribution in [0, 0.1) is 0 Å². The molecule has 2 aliphatic heterocycles. The van der Waals surface area contributed by atoms with E-state index in [9.17, 15) is 19.2 Å². The third kappa shape index (κ3) is 2.64. The van der Waals surface area contributed by atoms with Crippen molar-refractivity contribution in [2.75, 3.05) is 20.1 Å². The average Bonchev–Trinajstić information content (AvgIpc) is 3.38. The molecule has 2 aliphatic carbocycles. The zero-order valence-corrected chi connectivity index (χ0v) is 18.6. The summed E-state index contributed by atoms with van der Waals surface area (Å²) in [7, 11) is 1.95. The van der Waals surface area contributed by atoms with Gasteiger partial charge in [0.2, 0.25) is 11.6 Å². The molecule has 2 unspecified atom stereocenters. The highest BCUT2D eigenvalue weighted by Gasteiger charge is 2.46. The number of Topliss-reactive ketones (excluding diaryl/α,β-unsaturated/α-hetero) is 2. The van der Waals surface area contributed by atoms with E-state index in [0.717, 1.165) is 12.8 Å². The fourth-order valence-electron chi connectivity index (χ4n) is 4.70. The van der Waals surface area contributed by atoms with Crippen molar-refractivity contribution in [1.29, 1.82) is 0 Å². The summed E-state index contributed by atoms with van der Waals surface area (Å²) >= 11 is 2.36. The van der Waals surface area contributed by atoms with E-state index in [1.54, 1.807) is 0 Å². The number of carbonyl (C=O) groups is 4. The Morgan fingerprint density at radius 1 is 0.812 bits per heavy atom. The van der Waals surface area contributed by atoms with Gasteiger partial charge in [-0.25, -0.2) is 9.97 Å². The monoisotopic (exact) mass is 467 g/mol. The van der Waals surface area contributed by atoms with Crippen LogP contribution in [0.1, 0.15) is 53.2 Å². The molecule has 4 aliphatic rings. The number of allylic oxidation sites excluding steroid dienone is 4. The number of aromatic nitrogens is 2. The van der Waals surface area contributed by atoms with E-state index in [1.807, 2.05) is 16.8 Å². The summed E-state index contributed by atoms with van der Waals surface area (Å²) in [5.74, 6) is -0.829. The Labute approximate surface area is 190 Å². The molecule has 9 nitrogen and oxygen atoms in total. The normalized spacial score (nSPS) is 24.7. The molecule has 0 aromatic carbocycles. The van der Waals surface area contributed by atoms with Gasteiger partial charge in [-0.1, -0.05) is 0 Å². The molecule has 2 saturated heterocycles. The van der Waals surface area contributed by atoms with Gasteiger partial charge in [-0.05, 0) is 19.9 Å². The number of hydrogen-bond acceptors (Lipinski definition) is 11. The first-order chi connectivity index (χ1) is 15.5. The number of likely N-dealkylation sites (tertiary alicyclic amines) is 2. The Balaban J connectivity index is 1.22. The van der Waals surface area contributed by atoms with E-state index in [-0.39, 0.29) is 46.9 Å². The van der Waals surface area contributed by atoms with E-state index < -0.39 is 0 Å². The standard InChI is InChI=1S/C21H17N5O4S2/c1-24(14-2-4-25(14)10-6-12(27)20-16(18(10)29)22-8-31-20)15-3-5-26(15)11-7-13(28)21-17(19(11)30)23-9-32-21/h6-9,14-15H,2-5H2,1H3. The third-order valence-corrected chi connectivity index (χ3v) is 8.23. The highest BCUT2D eigenvalue weighted by molar-refractivity contribution is 7.12. The van der Waals surface area contributed by atoms with Crippen molar-refractivity contribution >= 4 is 45.8 Å². The Hall–Kier alpha value is -3.02. The number of fused-ring (bicyclic) bond motifs is 2. The van der Waals surface area contributed by atoms with Crippen LogP contribution < -0.4 is 0 Å². The van der Waals surface area contributed by atoms with Gasteiger partial charge in [0, 0.05) is 25.2 Å². The predicted molar refractivity (Wildman–Crippen MR) is 116 cm³/mol. The van der Waals surface area contributed by atoms with E-state index in [0.29, 0.717) is 34.2 Å². The largest absolute Gasteiger partial charge is 0.352 e. The molecule has 6 rings (SSSR count). The highest BCUT2D eigenvalue weighted by atomic mass is 32.1. The summed E-state index contributed by atoms with van der Waals surface area (Å²) in [5.41, 5.74) is 4.24. The molecule has 0 bridgehead atoms. The fraction of sp³-hybridized carbons (Fsp3) is 0.333.